The van der Waals surface area contributed by atoms with Gasteiger partial charge in [0.2, 0.25) is 5.91 Å². The van der Waals surface area contributed by atoms with Crippen LogP contribution in [0, 0.1) is 0 Å². The van der Waals surface area contributed by atoms with E-state index in [1.54, 1.807) is 30.3 Å². The van der Waals surface area contributed by atoms with Crippen LogP contribution in [-0.4, -0.2) is 81.1 Å². The standard InChI is InChI=1S/C22H26BrN3O3S.C2HF3O2/c1-24-12-10-17(11-13-24)25(2)22(27)20-15-26(21-9-4-3-8-19(20)21)30(28,29)18-7-5-6-16(23)14-18;3-2(4,5)1(6)7/h3-9,14,17,20H,10-13,15H2,1-2H3;(H,6,7). The highest BCUT2D eigenvalue weighted by Gasteiger charge is 2.42. The van der Waals surface area contributed by atoms with Crippen molar-refractivity contribution in [3.8, 4) is 0 Å². The number of fused-ring (bicyclic) bond motifs is 1. The molecule has 4 rings (SSSR count). The Hall–Kier alpha value is -2.64. The minimum atomic E-state index is -5.08. The minimum Gasteiger partial charge on any atom is -0.475 e. The Labute approximate surface area is 221 Å². The predicted octanol–water partition coefficient (Wildman–Crippen LogP) is 3.93. The summed E-state index contributed by atoms with van der Waals surface area (Å²) in [5.74, 6) is -3.26. The van der Waals surface area contributed by atoms with Crippen LogP contribution in [0.4, 0.5) is 18.9 Å². The fourth-order valence-corrected chi connectivity index (χ4v) is 6.48. The lowest BCUT2D eigenvalue weighted by atomic mass is 9.97. The zero-order valence-corrected chi connectivity index (χ0v) is 22.6. The average Bonchev–Trinajstić information content (AvgIpc) is 3.24. The molecule has 2 heterocycles. The number of aliphatic carboxylic acids is 1. The molecule has 0 radical (unpaired) electrons. The fraction of sp³-hybridized carbons (Fsp3) is 0.417. The zero-order valence-electron chi connectivity index (χ0n) is 20.2. The lowest BCUT2D eigenvalue weighted by Crippen LogP contribution is -2.46. The summed E-state index contributed by atoms with van der Waals surface area (Å²) in [5, 5.41) is 7.12. The van der Waals surface area contributed by atoms with Crippen LogP contribution in [0.5, 0.6) is 0 Å². The van der Waals surface area contributed by atoms with E-state index in [2.05, 4.69) is 27.9 Å². The highest BCUT2D eigenvalue weighted by atomic mass is 79.9. The fourth-order valence-electron chi connectivity index (χ4n) is 4.37. The molecule has 1 saturated heterocycles. The number of halogens is 4. The number of carbonyl (C=O) groups excluding carboxylic acids is 1. The van der Waals surface area contributed by atoms with Crippen molar-refractivity contribution in [1.29, 1.82) is 0 Å². The SMILES string of the molecule is CN1CCC(N(C)C(=O)C2CN(S(=O)(=O)c3cccc(Br)c3)c3ccccc32)CC1.O=C(O)C(F)(F)F. The molecule has 0 saturated carbocycles. The van der Waals surface area contributed by atoms with Crippen molar-refractivity contribution in [3.63, 3.8) is 0 Å². The predicted molar refractivity (Wildman–Crippen MR) is 135 cm³/mol. The Morgan fingerprint density at radius 3 is 2.24 bits per heavy atom. The second-order valence-corrected chi connectivity index (χ2v) is 11.7. The number of carboxylic acid groups (broad SMARTS) is 1. The number of likely N-dealkylation sites (tertiary alicyclic amines) is 1. The van der Waals surface area contributed by atoms with Gasteiger partial charge in [0, 0.05) is 17.6 Å². The van der Waals surface area contributed by atoms with Crippen LogP contribution < -0.4 is 4.31 Å². The van der Waals surface area contributed by atoms with Crippen LogP contribution in [0.1, 0.15) is 24.3 Å². The number of likely N-dealkylation sites (N-methyl/N-ethyl adjacent to an activating group) is 1. The molecule has 0 aliphatic carbocycles. The number of sulfonamides is 1. The number of nitrogens with zero attached hydrogens (tertiary/aromatic N) is 3. The first kappa shape index (κ1) is 28.9. The lowest BCUT2D eigenvalue weighted by Gasteiger charge is -2.36. The second kappa shape index (κ2) is 11.4. The number of hydrogen-bond acceptors (Lipinski definition) is 5. The molecule has 2 aromatic rings. The summed E-state index contributed by atoms with van der Waals surface area (Å²) in [6, 6.07) is 14.2. The van der Waals surface area contributed by atoms with Gasteiger partial charge < -0.3 is 14.9 Å². The van der Waals surface area contributed by atoms with Gasteiger partial charge in [-0.05, 0) is 62.8 Å². The number of piperidine rings is 1. The van der Waals surface area contributed by atoms with E-state index < -0.39 is 28.1 Å². The second-order valence-electron chi connectivity index (χ2n) is 8.89. The van der Waals surface area contributed by atoms with Gasteiger partial charge >= 0.3 is 12.1 Å². The molecule has 2 aromatic carbocycles. The van der Waals surface area contributed by atoms with Gasteiger partial charge in [0.05, 0.1) is 23.0 Å². The van der Waals surface area contributed by atoms with Gasteiger partial charge in [0.25, 0.3) is 10.0 Å². The topological polar surface area (TPSA) is 98.2 Å². The molecule has 8 nitrogen and oxygen atoms in total. The number of carbonyl (C=O) groups is 2. The number of para-hydroxylation sites is 1. The Morgan fingerprint density at radius 2 is 1.68 bits per heavy atom. The minimum absolute atomic E-state index is 0.0102. The quantitative estimate of drug-likeness (QED) is 0.567. The first-order valence-corrected chi connectivity index (χ1v) is 13.6. The molecule has 13 heteroatoms. The lowest BCUT2D eigenvalue weighted by molar-refractivity contribution is -0.192. The third-order valence-electron chi connectivity index (χ3n) is 6.44. The van der Waals surface area contributed by atoms with E-state index in [0.717, 1.165) is 31.5 Å². The van der Waals surface area contributed by atoms with Gasteiger partial charge in [-0.25, -0.2) is 13.2 Å². The van der Waals surface area contributed by atoms with Crippen LogP contribution in [0.15, 0.2) is 57.9 Å². The van der Waals surface area contributed by atoms with Crippen LogP contribution in [0.3, 0.4) is 0 Å². The van der Waals surface area contributed by atoms with Gasteiger partial charge in [-0.3, -0.25) is 9.10 Å². The van der Waals surface area contributed by atoms with Gasteiger partial charge in [0.15, 0.2) is 0 Å². The number of benzene rings is 2. The number of hydrogen-bond donors (Lipinski definition) is 1. The van der Waals surface area contributed by atoms with Crippen molar-refractivity contribution in [1.82, 2.24) is 9.80 Å². The summed E-state index contributed by atoms with van der Waals surface area (Å²) in [4.78, 5) is 26.6. The van der Waals surface area contributed by atoms with Crippen molar-refractivity contribution >= 4 is 43.5 Å². The van der Waals surface area contributed by atoms with Crippen molar-refractivity contribution in [3.05, 3.63) is 58.6 Å². The summed E-state index contributed by atoms with van der Waals surface area (Å²) < 4.78 is 60.6. The van der Waals surface area contributed by atoms with E-state index in [0.29, 0.717) is 10.2 Å². The summed E-state index contributed by atoms with van der Waals surface area (Å²) >= 11 is 3.35. The van der Waals surface area contributed by atoms with Crippen molar-refractivity contribution in [2.45, 2.75) is 35.9 Å². The zero-order chi connectivity index (χ0) is 27.5. The molecular weight excluding hydrogens is 579 g/mol. The number of carboxylic acids is 1. The van der Waals surface area contributed by atoms with E-state index in [1.165, 1.54) is 4.31 Å². The Bertz CT molecular complexity index is 1250. The van der Waals surface area contributed by atoms with Gasteiger partial charge in [-0.2, -0.15) is 13.2 Å². The van der Waals surface area contributed by atoms with Crippen LogP contribution in [0.25, 0.3) is 0 Å². The van der Waals surface area contributed by atoms with E-state index in [-0.39, 0.29) is 23.4 Å². The number of amides is 1. The van der Waals surface area contributed by atoms with Gasteiger partial charge in [-0.15, -0.1) is 0 Å². The highest BCUT2D eigenvalue weighted by molar-refractivity contribution is 9.10. The molecule has 0 bridgehead atoms. The Kier molecular flexibility index (Phi) is 8.91. The summed E-state index contributed by atoms with van der Waals surface area (Å²) in [5.41, 5.74) is 1.37. The molecule has 37 heavy (non-hydrogen) atoms. The molecule has 1 N–H and O–H groups in total. The smallest absolute Gasteiger partial charge is 0.475 e. The molecule has 1 unspecified atom stereocenters. The Morgan fingerprint density at radius 1 is 1.08 bits per heavy atom. The van der Waals surface area contributed by atoms with E-state index in [4.69, 9.17) is 9.90 Å². The maximum absolute atomic E-state index is 13.4. The molecule has 0 aromatic heterocycles. The summed E-state index contributed by atoms with van der Waals surface area (Å²) in [6.07, 6.45) is -3.21. The molecule has 2 aliphatic heterocycles. The normalized spacial score (nSPS) is 18.5. The van der Waals surface area contributed by atoms with Crippen LogP contribution in [0.2, 0.25) is 0 Å². The first-order valence-electron chi connectivity index (χ1n) is 11.4. The van der Waals surface area contributed by atoms with Gasteiger partial charge in [0.1, 0.15) is 0 Å². The van der Waals surface area contributed by atoms with E-state index in [9.17, 15) is 26.4 Å². The number of alkyl halides is 3. The van der Waals surface area contributed by atoms with Gasteiger partial charge in [-0.1, -0.05) is 40.2 Å². The van der Waals surface area contributed by atoms with Crippen molar-refractivity contribution < 1.29 is 36.3 Å². The third-order valence-corrected chi connectivity index (χ3v) is 8.71. The molecule has 0 spiro atoms. The largest absolute Gasteiger partial charge is 0.490 e. The number of rotatable bonds is 4. The molecule has 1 fully saturated rings. The average molecular weight is 606 g/mol. The summed E-state index contributed by atoms with van der Waals surface area (Å²) in [7, 11) is 0.174. The maximum Gasteiger partial charge on any atom is 0.490 e. The van der Waals surface area contributed by atoms with Crippen LogP contribution >= 0.6 is 15.9 Å². The van der Waals surface area contributed by atoms with Crippen molar-refractivity contribution in [2.75, 3.05) is 38.0 Å². The maximum atomic E-state index is 13.4. The van der Waals surface area contributed by atoms with E-state index in [1.807, 2.05) is 30.1 Å². The number of anilines is 1. The third kappa shape index (κ3) is 6.63. The first-order chi connectivity index (χ1) is 17.2. The molecule has 1 atom stereocenters. The van der Waals surface area contributed by atoms with E-state index >= 15 is 0 Å². The monoisotopic (exact) mass is 605 g/mol. The molecule has 2 aliphatic rings. The molecule has 202 valence electrons. The van der Waals surface area contributed by atoms with Crippen LogP contribution in [-0.2, 0) is 19.6 Å². The molecule has 1 amide bonds. The highest BCUT2D eigenvalue weighted by Crippen LogP contribution is 2.41. The molecular formula is C24H27BrF3N3O5S. The Balaban J connectivity index is 0.000000479. The summed E-state index contributed by atoms with van der Waals surface area (Å²) in [6.45, 7) is 2.06. The van der Waals surface area contributed by atoms with Crippen molar-refractivity contribution in [2.24, 2.45) is 0 Å².